The first-order valence-corrected chi connectivity index (χ1v) is 7.36. The molecule has 0 bridgehead atoms. The van der Waals surface area contributed by atoms with Crippen LogP contribution >= 0.6 is 31.9 Å². The van der Waals surface area contributed by atoms with Crippen molar-refractivity contribution >= 4 is 37.8 Å². The third-order valence-corrected chi connectivity index (χ3v) is 3.75. The van der Waals surface area contributed by atoms with Crippen molar-refractivity contribution in [1.29, 1.82) is 0 Å². The Hall–Kier alpha value is -1.14. The van der Waals surface area contributed by atoms with Crippen molar-refractivity contribution in [3.05, 3.63) is 51.4 Å². The number of hydrogen-bond donors (Lipinski definition) is 1. The van der Waals surface area contributed by atoms with Crippen molar-refractivity contribution in [3.63, 3.8) is 0 Å². The van der Waals surface area contributed by atoms with Gasteiger partial charge in [-0.2, -0.15) is 0 Å². The highest BCUT2D eigenvalue weighted by Gasteiger charge is 2.13. The fourth-order valence-corrected chi connectivity index (χ4v) is 2.96. The summed E-state index contributed by atoms with van der Waals surface area (Å²) in [5.74, 6) is -0.0907. The van der Waals surface area contributed by atoms with Crippen LogP contribution < -0.4 is 5.32 Å². The lowest BCUT2D eigenvalue weighted by atomic mass is 10.2. The lowest BCUT2D eigenvalue weighted by Crippen LogP contribution is -2.35. The third kappa shape index (κ3) is 3.91. The standard InChI is InChI=1S/C13H13Br2N3O/c1-9(7-18-5-4-16-8-18)17-13(19)11-3-2-10(14)6-12(11)15/h2-6,8-9H,7H2,1H3,(H,17,19). The van der Waals surface area contributed by atoms with Gasteiger partial charge in [-0.15, -0.1) is 0 Å². The minimum atomic E-state index is -0.0907. The van der Waals surface area contributed by atoms with E-state index in [2.05, 4.69) is 42.2 Å². The van der Waals surface area contributed by atoms with Gasteiger partial charge in [-0.3, -0.25) is 4.79 Å². The highest BCUT2D eigenvalue weighted by atomic mass is 79.9. The predicted molar refractivity (Wildman–Crippen MR) is 81.0 cm³/mol. The Bertz CT molecular complexity index is 569. The molecule has 2 aromatic rings. The Morgan fingerprint density at radius 3 is 2.89 bits per heavy atom. The highest BCUT2D eigenvalue weighted by molar-refractivity contribution is 9.11. The van der Waals surface area contributed by atoms with Crippen LogP contribution in [-0.2, 0) is 6.54 Å². The van der Waals surface area contributed by atoms with Crippen LogP contribution in [0.1, 0.15) is 17.3 Å². The van der Waals surface area contributed by atoms with Crippen LogP contribution in [0.4, 0.5) is 0 Å². The van der Waals surface area contributed by atoms with Crippen LogP contribution in [0.3, 0.4) is 0 Å². The average molecular weight is 387 g/mol. The summed E-state index contributed by atoms with van der Waals surface area (Å²) in [4.78, 5) is 16.1. The Morgan fingerprint density at radius 1 is 1.47 bits per heavy atom. The summed E-state index contributed by atoms with van der Waals surface area (Å²) in [5.41, 5.74) is 0.626. The van der Waals surface area contributed by atoms with Crippen LogP contribution in [0.25, 0.3) is 0 Å². The maximum absolute atomic E-state index is 12.1. The number of amides is 1. The number of benzene rings is 1. The first kappa shape index (κ1) is 14.3. The second-order valence-corrected chi connectivity index (χ2v) is 6.03. The van der Waals surface area contributed by atoms with Crippen LogP contribution in [0.5, 0.6) is 0 Å². The Labute approximate surface area is 128 Å². The first-order chi connectivity index (χ1) is 9.06. The van der Waals surface area contributed by atoms with Crippen molar-refractivity contribution in [3.8, 4) is 0 Å². The molecule has 1 atom stereocenters. The quantitative estimate of drug-likeness (QED) is 0.876. The molecule has 0 saturated carbocycles. The number of nitrogens with zero attached hydrogens (tertiary/aromatic N) is 2. The zero-order valence-electron chi connectivity index (χ0n) is 10.3. The zero-order valence-corrected chi connectivity index (χ0v) is 13.5. The molecule has 1 amide bonds. The predicted octanol–water partition coefficient (Wildman–Crippen LogP) is 3.23. The molecule has 1 N–H and O–H groups in total. The van der Waals surface area contributed by atoms with Crippen LogP contribution in [0.2, 0.25) is 0 Å². The normalized spacial score (nSPS) is 12.2. The maximum atomic E-state index is 12.1. The molecule has 1 heterocycles. The number of rotatable bonds is 4. The number of aromatic nitrogens is 2. The average Bonchev–Trinajstić information content (AvgIpc) is 2.81. The van der Waals surface area contributed by atoms with Gasteiger partial charge in [-0.25, -0.2) is 4.98 Å². The number of imidazole rings is 1. The van der Waals surface area contributed by atoms with Gasteiger partial charge in [0.15, 0.2) is 0 Å². The van der Waals surface area contributed by atoms with Gasteiger partial charge in [0.1, 0.15) is 0 Å². The van der Waals surface area contributed by atoms with E-state index < -0.39 is 0 Å². The molecule has 100 valence electrons. The van der Waals surface area contributed by atoms with Gasteiger partial charge >= 0.3 is 0 Å². The van der Waals surface area contributed by atoms with E-state index in [1.165, 1.54) is 0 Å². The summed E-state index contributed by atoms with van der Waals surface area (Å²) in [6.07, 6.45) is 5.33. The Balaban J connectivity index is 2.00. The maximum Gasteiger partial charge on any atom is 0.252 e. The molecule has 0 fully saturated rings. The van der Waals surface area contributed by atoms with Crippen molar-refractivity contribution in [2.45, 2.75) is 19.5 Å². The molecule has 19 heavy (non-hydrogen) atoms. The van der Waals surface area contributed by atoms with Crippen LogP contribution in [0.15, 0.2) is 45.9 Å². The summed E-state index contributed by atoms with van der Waals surface area (Å²) in [6, 6.07) is 5.51. The molecule has 2 rings (SSSR count). The number of nitrogens with one attached hydrogen (secondary N) is 1. The van der Waals surface area contributed by atoms with E-state index in [-0.39, 0.29) is 11.9 Å². The van der Waals surface area contributed by atoms with Gasteiger partial charge in [0, 0.05) is 33.9 Å². The molecule has 0 aliphatic heterocycles. The highest BCUT2D eigenvalue weighted by Crippen LogP contribution is 2.21. The zero-order chi connectivity index (χ0) is 13.8. The topological polar surface area (TPSA) is 46.9 Å². The lowest BCUT2D eigenvalue weighted by Gasteiger charge is -2.15. The summed E-state index contributed by atoms with van der Waals surface area (Å²) in [5, 5.41) is 2.96. The van der Waals surface area contributed by atoms with Gasteiger partial charge in [-0.05, 0) is 41.1 Å². The minimum Gasteiger partial charge on any atom is -0.348 e. The van der Waals surface area contributed by atoms with E-state index in [0.29, 0.717) is 12.1 Å². The molecule has 0 spiro atoms. The second-order valence-electron chi connectivity index (χ2n) is 4.26. The molecule has 0 radical (unpaired) electrons. The summed E-state index contributed by atoms with van der Waals surface area (Å²) < 4.78 is 3.64. The molecular formula is C13H13Br2N3O. The molecule has 0 aliphatic rings. The van der Waals surface area contributed by atoms with Crippen molar-refractivity contribution in [1.82, 2.24) is 14.9 Å². The van der Waals surface area contributed by atoms with Crippen LogP contribution in [0, 0.1) is 0 Å². The van der Waals surface area contributed by atoms with Crippen LogP contribution in [-0.4, -0.2) is 21.5 Å². The van der Waals surface area contributed by atoms with Crippen molar-refractivity contribution in [2.75, 3.05) is 0 Å². The first-order valence-electron chi connectivity index (χ1n) is 5.78. The van der Waals surface area contributed by atoms with Crippen molar-refractivity contribution in [2.24, 2.45) is 0 Å². The molecule has 6 heteroatoms. The van der Waals surface area contributed by atoms with E-state index in [0.717, 1.165) is 8.95 Å². The van der Waals surface area contributed by atoms with Gasteiger partial charge in [0.05, 0.1) is 11.9 Å². The second kappa shape index (κ2) is 6.34. The molecule has 0 aliphatic carbocycles. The number of carbonyl (C=O) groups is 1. The smallest absolute Gasteiger partial charge is 0.252 e. The summed E-state index contributed by atoms with van der Waals surface area (Å²) in [6.45, 7) is 2.66. The SMILES string of the molecule is CC(Cn1ccnc1)NC(=O)c1ccc(Br)cc1Br. The fraction of sp³-hybridized carbons (Fsp3) is 0.231. The fourth-order valence-electron chi connectivity index (χ4n) is 1.73. The van der Waals surface area contributed by atoms with E-state index in [4.69, 9.17) is 0 Å². The monoisotopic (exact) mass is 385 g/mol. The molecule has 1 aromatic carbocycles. The molecule has 1 unspecified atom stereocenters. The molecule has 4 nitrogen and oxygen atoms in total. The van der Waals surface area contributed by atoms with E-state index in [1.807, 2.05) is 29.8 Å². The van der Waals surface area contributed by atoms with Gasteiger partial charge in [-0.1, -0.05) is 15.9 Å². The van der Waals surface area contributed by atoms with Gasteiger partial charge in [0.25, 0.3) is 5.91 Å². The summed E-state index contributed by atoms with van der Waals surface area (Å²) in [7, 11) is 0. The van der Waals surface area contributed by atoms with E-state index in [9.17, 15) is 4.79 Å². The van der Waals surface area contributed by atoms with Crippen molar-refractivity contribution < 1.29 is 4.79 Å². The van der Waals surface area contributed by atoms with Gasteiger partial charge in [0.2, 0.25) is 0 Å². The summed E-state index contributed by atoms with van der Waals surface area (Å²) >= 11 is 6.76. The minimum absolute atomic E-state index is 0.0252. The lowest BCUT2D eigenvalue weighted by molar-refractivity contribution is 0.0936. The Morgan fingerprint density at radius 2 is 2.26 bits per heavy atom. The van der Waals surface area contributed by atoms with E-state index in [1.54, 1.807) is 18.6 Å². The third-order valence-electron chi connectivity index (χ3n) is 2.60. The number of halogens is 2. The molecule has 0 saturated heterocycles. The van der Waals surface area contributed by atoms with E-state index >= 15 is 0 Å². The Kier molecular flexibility index (Phi) is 4.76. The number of carbonyl (C=O) groups excluding carboxylic acids is 1. The molecule has 1 aromatic heterocycles. The number of hydrogen-bond acceptors (Lipinski definition) is 2. The largest absolute Gasteiger partial charge is 0.348 e. The van der Waals surface area contributed by atoms with Gasteiger partial charge < -0.3 is 9.88 Å². The molecular weight excluding hydrogens is 374 g/mol.